The van der Waals surface area contributed by atoms with Crippen molar-refractivity contribution in [1.29, 1.82) is 0 Å². The second kappa shape index (κ2) is 8.15. The van der Waals surface area contributed by atoms with Crippen LogP contribution in [0.2, 0.25) is 0 Å². The average Bonchev–Trinajstić information content (AvgIpc) is 2.56. The van der Waals surface area contributed by atoms with Crippen molar-refractivity contribution in [3.63, 3.8) is 0 Å². The molecular weight excluding hydrogens is 302 g/mol. The van der Waals surface area contributed by atoms with Gasteiger partial charge in [-0.05, 0) is 54.8 Å². The molecule has 5 nitrogen and oxygen atoms in total. The van der Waals surface area contributed by atoms with E-state index in [-0.39, 0.29) is 12.5 Å². The third kappa shape index (κ3) is 5.12. The number of rotatable bonds is 6. The van der Waals surface area contributed by atoms with Gasteiger partial charge in [0.15, 0.2) is 6.61 Å². The Morgan fingerprint density at radius 2 is 1.83 bits per heavy atom. The van der Waals surface area contributed by atoms with Crippen LogP contribution in [0.1, 0.15) is 16.7 Å². The van der Waals surface area contributed by atoms with E-state index in [1.807, 2.05) is 75.3 Å². The standard InChI is InChI=1S/C19H23N3O2/c1-14-5-10-18(11-15(14)2)24-13-19(23)21-20-12-16-6-8-17(9-7-16)22(3)4/h5-12H,13H2,1-4H3,(H,21,23)/b20-12-. The minimum absolute atomic E-state index is 0.0700. The Morgan fingerprint density at radius 1 is 1.12 bits per heavy atom. The zero-order valence-corrected chi connectivity index (χ0v) is 14.5. The van der Waals surface area contributed by atoms with E-state index in [0.29, 0.717) is 5.75 Å². The molecule has 0 aromatic heterocycles. The van der Waals surface area contributed by atoms with Crippen molar-refractivity contribution in [2.24, 2.45) is 5.10 Å². The SMILES string of the molecule is Cc1ccc(OCC(=O)N/N=C\c2ccc(N(C)C)cc2)cc1C. The number of nitrogens with zero attached hydrogens (tertiary/aromatic N) is 2. The van der Waals surface area contributed by atoms with Gasteiger partial charge in [-0.15, -0.1) is 0 Å². The quantitative estimate of drug-likeness (QED) is 0.656. The van der Waals surface area contributed by atoms with Gasteiger partial charge in [0.2, 0.25) is 0 Å². The molecular formula is C19H23N3O2. The lowest BCUT2D eigenvalue weighted by Gasteiger charge is -2.11. The Kier molecular flexibility index (Phi) is 5.95. The van der Waals surface area contributed by atoms with Crippen molar-refractivity contribution in [3.05, 3.63) is 59.2 Å². The van der Waals surface area contributed by atoms with Gasteiger partial charge in [-0.2, -0.15) is 5.10 Å². The van der Waals surface area contributed by atoms with Gasteiger partial charge in [0, 0.05) is 19.8 Å². The number of amides is 1. The molecule has 0 aliphatic rings. The fourth-order valence-electron chi connectivity index (χ4n) is 2.02. The maximum absolute atomic E-state index is 11.7. The molecule has 0 spiro atoms. The molecule has 1 amide bonds. The molecule has 5 heteroatoms. The zero-order chi connectivity index (χ0) is 17.5. The minimum atomic E-state index is -0.297. The molecule has 0 bridgehead atoms. The molecule has 1 N–H and O–H groups in total. The van der Waals surface area contributed by atoms with Crippen LogP contribution in [-0.4, -0.2) is 32.8 Å². The van der Waals surface area contributed by atoms with Crippen molar-refractivity contribution in [1.82, 2.24) is 5.43 Å². The van der Waals surface area contributed by atoms with Crippen LogP contribution in [0.5, 0.6) is 5.75 Å². The molecule has 0 saturated carbocycles. The number of hydrogen-bond acceptors (Lipinski definition) is 4. The maximum atomic E-state index is 11.7. The largest absolute Gasteiger partial charge is 0.484 e. The summed E-state index contributed by atoms with van der Waals surface area (Å²) >= 11 is 0. The van der Waals surface area contributed by atoms with E-state index < -0.39 is 0 Å². The molecule has 24 heavy (non-hydrogen) atoms. The Bertz CT molecular complexity index is 722. The van der Waals surface area contributed by atoms with E-state index in [2.05, 4.69) is 10.5 Å². The normalized spacial score (nSPS) is 10.7. The van der Waals surface area contributed by atoms with Crippen molar-refractivity contribution < 1.29 is 9.53 Å². The highest BCUT2D eigenvalue weighted by atomic mass is 16.5. The van der Waals surface area contributed by atoms with E-state index in [9.17, 15) is 4.79 Å². The van der Waals surface area contributed by atoms with Crippen LogP contribution in [-0.2, 0) is 4.79 Å². The summed E-state index contributed by atoms with van der Waals surface area (Å²) in [5, 5.41) is 3.94. The van der Waals surface area contributed by atoms with Crippen LogP contribution < -0.4 is 15.1 Å². The summed E-state index contributed by atoms with van der Waals surface area (Å²) in [6.07, 6.45) is 1.60. The fourth-order valence-corrected chi connectivity index (χ4v) is 2.02. The molecule has 0 atom stereocenters. The number of anilines is 1. The summed E-state index contributed by atoms with van der Waals surface area (Å²) in [5.74, 6) is 0.380. The summed E-state index contributed by atoms with van der Waals surface area (Å²) < 4.78 is 5.46. The van der Waals surface area contributed by atoms with Gasteiger partial charge in [-0.3, -0.25) is 4.79 Å². The number of carbonyl (C=O) groups excluding carboxylic acids is 1. The lowest BCUT2D eigenvalue weighted by Crippen LogP contribution is -2.24. The summed E-state index contributed by atoms with van der Waals surface area (Å²) in [6.45, 7) is 3.97. The minimum Gasteiger partial charge on any atom is -0.484 e. The van der Waals surface area contributed by atoms with Crippen LogP contribution >= 0.6 is 0 Å². The van der Waals surface area contributed by atoms with Crippen molar-refractivity contribution >= 4 is 17.8 Å². The van der Waals surface area contributed by atoms with Gasteiger partial charge >= 0.3 is 0 Å². The van der Waals surface area contributed by atoms with E-state index in [0.717, 1.165) is 16.8 Å². The molecule has 0 heterocycles. The van der Waals surface area contributed by atoms with Crippen LogP contribution in [0.3, 0.4) is 0 Å². The van der Waals surface area contributed by atoms with Gasteiger partial charge in [-0.1, -0.05) is 18.2 Å². The topological polar surface area (TPSA) is 53.9 Å². The molecule has 0 aliphatic carbocycles. The Morgan fingerprint density at radius 3 is 2.46 bits per heavy atom. The molecule has 0 saturated heterocycles. The smallest absolute Gasteiger partial charge is 0.277 e. The highest BCUT2D eigenvalue weighted by Gasteiger charge is 2.02. The first-order valence-corrected chi connectivity index (χ1v) is 7.75. The second-order valence-electron chi connectivity index (χ2n) is 5.81. The highest BCUT2D eigenvalue weighted by Crippen LogP contribution is 2.16. The highest BCUT2D eigenvalue weighted by molar-refractivity contribution is 5.83. The lowest BCUT2D eigenvalue weighted by atomic mass is 10.1. The molecule has 2 rings (SSSR count). The van der Waals surface area contributed by atoms with Crippen LogP contribution in [0, 0.1) is 13.8 Å². The first-order valence-electron chi connectivity index (χ1n) is 7.75. The number of aryl methyl sites for hydroxylation is 2. The van der Waals surface area contributed by atoms with Gasteiger partial charge < -0.3 is 9.64 Å². The molecule has 2 aromatic carbocycles. The average molecular weight is 325 g/mol. The van der Waals surface area contributed by atoms with E-state index in [1.54, 1.807) is 6.21 Å². The molecule has 0 aliphatic heterocycles. The van der Waals surface area contributed by atoms with Crippen molar-refractivity contribution in [3.8, 4) is 5.75 Å². The number of ether oxygens (including phenoxy) is 1. The van der Waals surface area contributed by atoms with Gasteiger partial charge in [0.05, 0.1) is 6.21 Å². The summed E-state index contributed by atoms with van der Waals surface area (Å²) in [5.41, 5.74) is 6.80. The van der Waals surface area contributed by atoms with Crippen LogP contribution in [0.4, 0.5) is 5.69 Å². The van der Waals surface area contributed by atoms with E-state index in [1.165, 1.54) is 5.56 Å². The Hall–Kier alpha value is -2.82. The predicted octanol–water partition coefficient (Wildman–Crippen LogP) is 2.90. The van der Waals surface area contributed by atoms with Crippen LogP contribution in [0.15, 0.2) is 47.6 Å². The monoisotopic (exact) mass is 325 g/mol. The number of hydrazone groups is 1. The molecule has 2 aromatic rings. The van der Waals surface area contributed by atoms with Gasteiger partial charge in [0.25, 0.3) is 5.91 Å². The summed E-state index contributed by atoms with van der Waals surface area (Å²) in [7, 11) is 3.97. The molecule has 0 unspecified atom stereocenters. The third-order valence-electron chi connectivity index (χ3n) is 3.66. The molecule has 0 radical (unpaired) electrons. The maximum Gasteiger partial charge on any atom is 0.277 e. The van der Waals surface area contributed by atoms with Gasteiger partial charge in [0.1, 0.15) is 5.75 Å². The number of nitrogens with one attached hydrogen (secondary N) is 1. The third-order valence-corrected chi connectivity index (χ3v) is 3.66. The Balaban J connectivity index is 1.80. The number of benzene rings is 2. The number of hydrogen-bond donors (Lipinski definition) is 1. The van der Waals surface area contributed by atoms with Crippen LogP contribution in [0.25, 0.3) is 0 Å². The fraction of sp³-hybridized carbons (Fsp3) is 0.263. The number of carbonyl (C=O) groups is 1. The lowest BCUT2D eigenvalue weighted by molar-refractivity contribution is -0.123. The van der Waals surface area contributed by atoms with E-state index in [4.69, 9.17) is 4.74 Å². The van der Waals surface area contributed by atoms with Gasteiger partial charge in [-0.25, -0.2) is 5.43 Å². The Labute approximate surface area is 142 Å². The summed E-state index contributed by atoms with van der Waals surface area (Å²) in [4.78, 5) is 13.8. The van der Waals surface area contributed by atoms with E-state index >= 15 is 0 Å². The summed E-state index contributed by atoms with van der Waals surface area (Å²) in [6, 6.07) is 13.6. The van der Waals surface area contributed by atoms with Crippen molar-refractivity contribution in [2.75, 3.05) is 25.6 Å². The zero-order valence-electron chi connectivity index (χ0n) is 14.5. The first kappa shape index (κ1) is 17.5. The second-order valence-corrected chi connectivity index (χ2v) is 5.81. The predicted molar refractivity (Wildman–Crippen MR) is 97.9 cm³/mol. The first-order chi connectivity index (χ1) is 11.5. The molecule has 0 fully saturated rings. The van der Waals surface area contributed by atoms with Crippen molar-refractivity contribution in [2.45, 2.75) is 13.8 Å². The molecule has 126 valence electrons.